The van der Waals surface area contributed by atoms with Gasteiger partial charge in [0.2, 0.25) is 0 Å². The second-order valence-corrected chi connectivity index (χ2v) is 4.12. The zero-order chi connectivity index (χ0) is 11.3. The van der Waals surface area contributed by atoms with Crippen molar-refractivity contribution in [3.05, 3.63) is 0 Å². The van der Waals surface area contributed by atoms with Crippen molar-refractivity contribution in [2.45, 2.75) is 19.1 Å². The third kappa shape index (κ3) is 7.06. The summed E-state index contributed by atoms with van der Waals surface area (Å²) in [6.45, 7) is 4.79. The summed E-state index contributed by atoms with van der Waals surface area (Å²) in [6.07, 6.45) is -0.326. The fraction of sp³-hybridized carbons (Fsp3) is 0.900. The van der Waals surface area contributed by atoms with E-state index in [1.807, 2.05) is 14.1 Å². The van der Waals surface area contributed by atoms with Crippen molar-refractivity contribution in [2.75, 3.05) is 40.3 Å². The van der Waals surface area contributed by atoms with E-state index in [4.69, 9.17) is 4.74 Å². The van der Waals surface area contributed by atoms with Crippen molar-refractivity contribution in [1.29, 1.82) is 0 Å². The summed E-state index contributed by atoms with van der Waals surface area (Å²) in [4.78, 5) is 13.7. The molecule has 1 heterocycles. The van der Waals surface area contributed by atoms with Gasteiger partial charge in [0.15, 0.2) is 0 Å². The Kier molecular flexibility index (Phi) is 11.2. The molecule has 0 spiro atoms. The molecule has 5 nitrogen and oxygen atoms in total. The monoisotopic (exact) mass is 287 g/mol. The number of halogens is 2. The Morgan fingerprint density at radius 2 is 2.18 bits per heavy atom. The van der Waals surface area contributed by atoms with Crippen molar-refractivity contribution in [3.8, 4) is 0 Å². The summed E-state index contributed by atoms with van der Waals surface area (Å²) in [5, 5.41) is 6.02. The summed E-state index contributed by atoms with van der Waals surface area (Å²) in [5.41, 5.74) is 0. The van der Waals surface area contributed by atoms with Gasteiger partial charge in [-0.3, -0.25) is 4.79 Å². The molecule has 1 aliphatic rings. The normalized spacial score (nSPS) is 21.1. The zero-order valence-electron chi connectivity index (χ0n) is 10.6. The molecule has 1 saturated heterocycles. The molecule has 0 aliphatic carbocycles. The Morgan fingerprint density at radius 1 is 1.53 bits per heavy atom. The van der Waals surface area contributed by atoms with Crippen LogP contribution in [0.3, 0.4) is 0 Å². The van der Waals surface area contributed by atoms with Crippen molar-refractivity contribution < 1.29 is 9.53 Å². The Bertz CT molecular complexity index is 212. The van der Waals surface area contributed by atoms with E-state index >= 15 is 0 Å². The minimum Gasteiger partial charge on any atom is -0.366 e. The van der Waals surface area contributed by atoms with Crippen molar-refractivity contribution in [3.63, 3.8) is 0 Å². The van der Waals surface area contributed by atoms with Crippen molar-refractivity contribution in [2.24, 2.45) is 0 Å². The van der Waals surface area contributed by atoms with Gasteiger partial charge in [-0.05, 0) is 21.0 Å². The number of amides is 1. The number of nitrogens with zero attached hydrogens (tertiary/aromatic N) is 1. The summed E-state index contributed by atoms with van der Waals surface area (Å²) in [5.74, 6) is -0.0177. The van der Waals surface area contributed by atoms with E-state index < -0.39 is 0 Å². The van der Waals surface area contributed by atoms with Crippen LogP contribution in [0.1, 0.15) is 6.92 Å². The molecule has 1 fully saturated rings. The molecule has 0 aromatic heterocycles. The summed E-state index contributed by atoms with van der Waals surface area (Å²) in [6, 6.07) is 0.338. The smallest absolute Gasteiger partial charge is 0.250 e. The van der Waals surface area contributed by atoms with Crippen LogP contribution in [0.4, 0.5) is 0 Å². The van der Waals surface area contributed by atoms with Gasteiger partial charge in [0, 0.05) is 25.7 Å². The van der Waals surface area contributed by atoms with E-state index in [9.17, 15) is 4.79 Å². The van der Waals surface area contributed by atoms with Gasteiger partial charge in [0.05, 0.1) is 6.61 Å². The molecule has 0 radical (unpaired) electrons. The van der Waals surface area contributed by atoms with Gasteiger partial charge in [-0.15, -0.1) is 24.8 Å². The predicted octanol–water partition coefficient (Wildman–Crippen LogP) is -0.115. The lowest BCUT2D eigenvalue weighted by atomic mass is 10.2. The highest BCUT2D eigenvalue weighted by Gasteiger charge is 2.21. The molecular formula is C10H23Cl2N3O2. The second kappa shape index (κ2) is 9.91. The first-order valence-corrected chi connectivity index (χ1v) is 5.37. The molecule has 0 bridgehead atoms. The minimum absolute atomic E-state index is 0. The van der Waals surface area contributed by atoms with Gasteiger partial charge in [-0.1, -0.05) is 0 Å². The maximum atomic E-state index is 11.6. The highest BCUT2D eigenvalue weighted by atomic mass is 35.5. The number of rotatable bonds is 4. The van der Waals surface area contributed by atoms with Crippen LogP contribution in [0.15, 0.2) is 0 Å². The average molecular weight is 288 g/mol. The van der Waals surface area contributed by atoms with Crippen LogP contribution in [0, 0.1) is 0 Å². The number of nitrogens with one attached hydrogen (secondary N) is 2. The zero-order valence-corrected chi connectivity index (χ0v) is 12.2. The van der Waals surface area contributed by atoms with Gasteiger partial charge in [-0.2, -0.15) is 0 Å². The molecule has 0 aromatic rings. The van der Waals surface area contributed by atoms with E-state index in [1.54, 1.807) is 0 Å². The lowest BCUT2D eigenvalue weighted by Crippen LogP contribution is -2.50. The molecule has 17 heavy (non-hydrogen) atoms. The minimum atomic E-state index is -0.326. The molecule has 1 aliphatic heterocycles. The highest BCUT2D eigenvalue weighted by Crippen LogP contribution is 1.96. The Morgan fingerprint density at radius 3 is 2.65 bits per heavy atom. The fourth-order valence-electron chi connectivity index (χ4n) is 1.28. The summed E-state index contributed by atoms with van der Waals surface area (Å²) >= 11 is 0. The number of carbonyl (C=O) groups is 1. The van der Waals surface area contributed by atoms with Gasteiger partial charge < -0.3 is 20.3 Å². The van der Waals surface area contributed by atoms with E-state index in [2.05, 4.69) is 22.5 Å². The van der Waals surface area contributed by atoms with E-state index in [-0.39, 0.29) is 36.8 Å². The van der Waals surface area contributed by atoms with Gasteiger partial charge >= 0.3 is 0 Å². The SMILES string of the molecule is CC(CNC(=O)C1CNCCO1)N(C)C.Cl.Cl. The number of hydrogen-bond acceptors (Lipinski definition) is 4. The van der Waals surface area contributed by atoms with Gasteiger partial charge in [-0.25, -0.2) is 0 Å². The molecule has 2 N–H and O–H groups in total. The lowest BCUT2D eigenvalue weighted by molar-refractivity contribution is -0.134. The first kappa shape index (κ1) is 19.3. The maximum absolute atomic E-state index is 11.6. The molecule has 0 saturated carbocycles. The molecule has 2 atom stereocenters. The molecule has 104 valence electrons. The van der Waals surface area contributed by atoms with Crippen LogP contribution in [0.25, 0.3) is 0 Å². The first-order chi connectivity index (χ1) is 7.11. The van der Waals surface area contributed by atoms with E-state index in [1.165, 1.54) is 0 Å². The van der Waals surface area contributed by atoms with Crippen LogP contribution < -0.4 is 10.6 Å². The van der Waals surface area contributed by atoms with Crippen LogP contribution in [-0.4, -0.2) is 63.3 Å². The Balaban J connectivity index is 0. The first-order valence-electron chi connectivity index (χ1n) is 5.37. The van der Waals surface area contributed by atoms with Crippen LogP contribution in [-0.2, 0) is 9.53 Å². The number of morpholine rings is 1. The average Bonchev–Trinajstić information content (AvgIpc) is 2.26. The van der Waals surface area contributed by atoms with Crippen LogP contribution in [0.5, 0.6) is 0 Å². The van der Waals surface area contributed by atoms with Gasteiger partial charge in [0.1, 0.15) is 6.10 Å². The quantitative estimate of drug-likeness (QED) is 0.757. The molecule has 7 heteroatoms. The molecule has 0 aromatic carbocycles. The molecule has 2 unspecified atom stereocenters. The fourth-order valence-corrected chi connectivity index (χ4v) is 1.28. The van der Waals surface area contributed by atoms with Crippen LogP contribution >= 0.6 is 24.8 Å². The number of hydrogen-bond donors (Lipinski definition) is 2. The second-order valence-electron chi connectivity index (χ2n) is 4.12. The maximum Gasteiger partial charge on any atom is 0.250 e. The van der Waals surface area contributed by atoms with Crippen LogP contribution in [0.2, 0.25) is 0 Å². The van der Waals surface area contributed by atoms with Gasteiger partial charge in [0.25, 0.3) is 5.91 Å². The third-order valence-electron chi connectivity index (χ3n) is 2.67. The number of ether oxygens (including phenoxy) is 1. The summed E-state index contributed by atoms with van der Waals surface area (Å²) < 4.78 is 5.34. The third-order valence-corrected chi connectivity index (χ3v) is 2.67. The summed E-state index contributed by atoms with van der Waals surface area (Å²) in [7, 11) is 3.99. The molecule has 1 rings (SSSR count). The topological polar surface area (TPSA) is 53.6 Å². The Labute approximate surface area is 115 Å². The largest absolute Gasteiger partial charge is 0.366 e. The van der Waals surface area contributed by atoms with Crippen molar-refractivity contribution >= 4 is 30.7 Å². The highest BCUT2D eigenvalue weighted by molar-refractivity contribution is 5.85. The van der Waals surface area contributed by atoms with E-state index in [0.29, 0.717) is 25.7 Å². The van der Waals surface area contributed by atoms with Crippen molar-refractivity contribution in [1.82, 2.24) is 15.5 Å². The number of carbonyl (C=O) groups excluding carboxylic acids is 1. The molecular weight excluding hydrogens is 265 g/mol. The predicted molar refractivity (Wildman–Crippen MR) is 73.3 cm³/mol. The number of likely N-dealkylation sites (N-methyl/N-ethyl adjacent to an activating group) is 1. The standard InChI is InChI=1S/C10H21N3O2.2ClH/c1-8(13(2)3)6-12-10(14)9-7-11-4-5-15-9;;/h8-9,11H,4-7H2,1-3H3,(H,12,14);2*1H. The lowest BCUT2D eigenvalue weighted by Gasteiger charge is -2.25. The molecule has 1 amide bonds. The Hall–Kier alpha value is -0.0700. The van der Waals surface area contributed by atoms with E-state index in [0.717, 1.165) is 6.54 Å².